The number of benzene rings is 1. The molecule has 2 aromatic rings. The molecule has 0 radical (unpaired) electrons. The monoisotopic (exact) mass is 272 g/mol. The lowest BCUT2D eigenvalue weighted by Gasteiger charge is -2.33. The van der Waals surface area contributed by atoms with Crippen molar-refractivity contribution in [3.05, 3.63) is 30.1 Å². The van der Waals surface area contributed by atoms with Crippen LogP contribution in [0.4, 0.5) is 0 Å². The van der Waals surface area contributed by atoms with Crippen LogP contribution in [0.1, 0.15) is 45.4 Å². The van der Waals surface area contributed by atoms with E-state index in [9.17, 15) is 5.11 Å². The van der Waals surface area contributed by atoms with E-state index in [1.54, 1.807) is 0 Å². The largest absolute Gasteiger partial charge is 0.390 e. The smallest absolute Gasteiger partial charge is 0.112 e. The summed E-state index contributed by atoms with van der Waals surface area (Å²) in [6.07, 6.45) is 5.43. The number of para-hydroxylation sites is 2. The number of hydrogen-bond acceptors (Lipinski definition) is 2. The van der Waals surface area contributed by atoms with Crippen molar-refractivity contribution in [2.24, 2.45) is 5.92 Å². The first kappa shape index (κ1) is 13.6. The van der Waals surface area contributed by atoms with Crippen molar-refractivity contribution in [2.75, 3.05) is 0 Å². The molecular weight excluding hydrogens is 248 g/mol. The predicted octanol–water partition coefficient (Wildman–Crippen LogP) is 3.54. The third-order valence-electron chi connectivity index (χ3n) is 4.54. The van der Waals surface area contributed by atoms with Gasteiger partial charge in [0.05, 0.1) is 16.6 Å². The molecule has 1 aromatic carbocycles. The molecule has 3 rings (SSSR count). The third kappa shape index (κ3) is 2.59. The summed E-state index contributed by atoms with van der Waals surface area (Å²) in [6, 6.07) is 8.22. The lowest BCUT2D eigenvalue weighted by Crippen LogP contribution is -2.33. The Kier molecular flexibility index (Phi) is 3.55. The number of aromatic nitrogens is 2. The van der Waals surface area contributed by atoms with E-state index < -0.39 is 5.60 Å². The highest BCUT2D eigenvalue weighted by atomic mass is 16.3. The molecule has 1 heterocycles. The second kappa shape index (κ2) is 5.21. The summed E-state index contributed by atoms with van der Waals surface area (Å²) in [5.41, 5.74) is 1.56. The van der Waals surface area contributed by atoms with E-state index in [4.69, 9.17) is 4.98 Å². The van der Waals surface area contributed by atoms with Crippen molar-refractivity contribution in [1.82, 2.24) is 9.55 Å². The first-order chi connectivity index (χ1) is 9.59. The Morgan fingerprint density at radius 3 is 2.75 bits per heavy atom. The molecule has 1 aromatic heterocycles. The maximum Gasteiger partial charge on any atom is 0.112 e. The van der Waals surface area contributed by atoms with Gasteiger partial charge in [0.15, 0.2) is 0 Å². The molecule has 0 bridgehead atoms. The zero-order chi connectivity index (χ0) is 14.2. The average molecular weight is 272 g/mol. The number of nitrogens with zero attached hydrogens (tertiary/aromatic N) is 2. The van der Waals surface area contributed by atoms with E-state index in [0.29, 0.717) is 12.3 Å². The van der Waals surface area contributed by atoms with E-state index >= 15 is 0 Å². The Labute approximate surface area is 120 Å². The molecule has 0 saturated heterocycles. The second-order valence-corrected chi connectivity index (χ2v) is 6.44. The van der Waals surface area contributed by atoms with E-state index in [0.717, 1.165) is 24.3 Å². The Balaban J connectivity index is 1.85. The molecule has 1 N–H and O–H groups in total. The van der Waals surface area contributed by atoms with Crippen LogP contribution in [0.15, 0.2) is 24.3 Å². The molecule has 0 spiro atoms. The van der Waals surface area contributed by atoms with Crippen molar-refractivity contribution in [3.63, 3.8) is 0 Å². The maximum absolute atomic E-state index is 10.7. The molecular formula is C17H24N2O. The Hall–Kier alpha value is -1.35. The molecule has 1 atom stereocenters. The second-order valence-electron chi connectivity index (χ2n) is 6.44. The minimum absolute atomic E-state index is 0.640. The molecule has 1 saturated carbocycles. The summed E-state index contributed by atoms with van der Waals surface area (Å²) in [4.78, 5) is 4.72. The molecule has 3 heteroatoms. The van der Waals surface area contributed by atoms with Crippen LogP contribution in [-0.4, -0.2) is 20.3 Å². The average Bonchev–Trinajstić information content (AvgIpc) is 2.70. The van der Waals surface area contributed by atoms with Crippen LogP contribution in [0.25, 0.3) is 11.0 Å². The third-order valence-corrected chi connectivity index (χ3v) is 4.54. The lowest BCUT2D eigenvalue weighted by atomic mass is 9.77. The number of rotatable bonds is 5. The predicted molar refractivity (Wildman–Crippen MR) is 81.7 cm³/mol. The van der Waals surface area contributed by atoms with Gasteiger partial charge in [0, 0.05) is 13.0 Å². The van der Waals surface area contributed by atoms with Crippen LogP contribution in [-0.2, 0) is 13.0 Å². The molecule has 1 aliphatic rings. The number of aliphatic hydroxyl groups is 1. The van der Waals surface area contributed by atoms with E-state index in [1.165, 1.54) is 24.8 Å². The number of aryl methyl sites for hydroxylation is 1. The first-order valence-electron chi connectivity index (χ1n) is 7.75. The van der Waals surface area contributed by atoms with Crippen LogP contribution < -0.4 is 0 Å². The maximum atomic E-state index is 10.7. The van der Waals surface area contributed by atoms with Crippen molar-refractivity contribution in [2.45, 2.75) is 58.1 Å². The highest BCUT2D eigenvalue weighted by Crippen LogP contribution is 2.35. The van der Waals surface area contributed by atoms with E-state index in [1.807, 2.05) is 25.1 Å². The Bertz CT molecular complexity index is 596. The van der Waals surface area contributed by atoms with Gasteiger partial charge in [-0.3, -0.25) is 0 Å². The molecule has 0 aliphatic heterocycles. The molecule has 0 amide bonds. The van der Waals surface area contributed by atoms with Gasteiger partial charge in [-0.1, -0.05) is 31.4 Å². The molecule has 1 aliphatic carbocycles. The van der Waals surface area contributed by atoms with Gasteiger partial charge in [0.1, 0.15) is 5.82 Å². The minimum Gasteiger partial charge on any atom is -0.390 e. The van der Waals surface area contributed by atoms with Gasteiger partial charge in [-0.15, -0.1) is 0 Å². The van der Waals surface area contributed by atoms with Crippen LogP contribution >= 0.6 is 0 Å². The minimum atomic E-state index is -0.640. The normalized spacial score (nSPS) is 18.9. The topological polar surface area (TPSA) is 38.0 Å². The van der Waals surface area contributed by atoms with Crippen molar-refractivity contribution in [1.29, 1.82) is 0 Å². The zero-order valence-electron chi connectivity index (χ0n) is 12.5. The summed E-state index contributed by atoms with van der Waals surface area (Å²) in [6.45, 7) is 5.00. The quantitative estimate of drug-likeness (QED) is 0.904. The molecule has 20 heavy (non-hydrogen) atoms. The summed E-state index contributed by atoms with van der Waals surface area (Å²) >= 11 is 0. The Morgan fingerprint density at radius 2 is 2.10 bits per heavy atom. The zero-order valence-corrected chi connectivity index (χ0v) is 12.5. The number of hydrogen-bond donors (Lipinski definition) is 1. The van der Waals surface area contributed by atoms with E-state index in [2.05, 4.69) is 17.6 Å². The van der Waals surface area contributed by atoms with Gasteiger partial charge in [-0.05, 0) is 38.3 Å². The Morgan fingerprint density at radius 1 is 1.35 bits per heavy atom. The molecule has 1 unspecified atom stereocenters. The highest BCUT2D eigenvalue weighted by Gasteiger charge is 2.30. The standard InChI is InChI=1S/C17H24N2O/c1-3-19-15-10-5-4-9-14(15)18-16(19)12-17(2,20)11-13-7-6-8-13/h4-5,9-10,13,20H,3,6-8,11-12H2,1-2H3. The van der Waals surface area contributed by atoms with Crippen molar-refractivity contribution >= 4 is 11.0 Å². The van der Waals surface area contributed by atoms with Crippen molar-refractivity contribution in [3.8, 4) is 0 Å². The van der Waals surface area contributed by atoms with Crippen LogP contribution in [0, 0.1) is 5.92 Å². The fraction of sp³-hybridized carbons (Fsp3) is 0.588. The SMILES string of the molecule is CCn1c(CC(C)(O)CC2CCC2)nc2ccccc21. The first-order valence-corrected chi connectivity index (χ1v) is 7.75. The lowest BCUT2D eigenvalue weighted by molar-refractivity contribution is 0.0182. The number of imidazole rings is 1. The molecule has 1 fully saturated rings. The molecule has 3 nitrogen and oxygen atoms in total. The summed E-state index contributed by atoms with van der Waals surface area (Å²) in [5, 5.41) is 10.7. The van der Waals surface area contributed by atoms with Gasteiger partial charge in [0.25, 0.3) is 0 Å². The number of fused-ring (bicyclic) bond motifs is 1. The van der Waals surface area contributed by atoms with Crippen LogP contribution in [0.5, 0.6) is 0 Å². The summed E-state index contributed by atoms with van der Waals surface area (Å²) < 4.78 is 2.23. The molecule has 108 valence electrons. The summed E-state index contributed by atoms with van der Waals surface area (Å²) in [7, 11) is 0. The van der Waals surface area contributed by atoms with Crippen molar-refractivity contribution < 1.29 is 5.11 Å². The fourth-order valence-electron chi connectivity index (χ4n) is 3.34. The fourth-order valence-corrected chi connectivity index (χ4v) is 3.34. The van der Waals surface area contributed by atoms with Crippen LogP contribution in [0.3, 0.4) is 0 Å². The van der Waals surface area contributed by atoms with Gasteiger partial charge in [0.2, 0.25) is 0 Å². The highest BCUT2D eigenvalue weighted by molar-refractivity contribution is 5.75. The van der Waals surface area contributed by atoms with Gasteiger partial charge >= 0.3 is 0 Å². The van der Waals surface area contributed by atoms with Gasteiger partial charge in [-0.2, -0.15) is 0 Å². The van der Waals surface area contributed by atoms with E-state index in [-0.39, 0.29) is 0 Å². The van der Waals surface area contributed by atoms with Gasteiger partial charge in [-0.25, -0.2) is 4.98 Å². The van der Waals surface area contributed by atoms with Crippen LogP contribution in [0.2, 0.25) is 0 Å². The van der Waals surface area contributed by atoms with Gasteiger partial charge < -0.3 is 9.67 Å². The summed E-state index contributed by atoms with van der Waals surface area (Å²) in [5.74, 6) is 1.72.